The lowest BCUT2D eigenvalue weighted by Crippen LogP contribution is -2.58. The molecule has 4 atom stereocenters. The van der Waals surface area contributed by atoms with E-state index in [-0.39, 0.29) is 23.7 Å². The van der Waals surface area contributed by atoms with Gasteiger partial charge in [-0.3, -0.25) is 19.2 Å². The smallest absolute Gasteiger partial charge is 0.408 e. The molecule has 0 spiro atoms. The number of nitrogens with zero attached hydrogens (tertiary/aromatic N) is 1. The Hall–Kier alpha value is -2.85. The summed E-state index contributed by atoms with van der Waals surface area (Å²) in [4.78, 5) is 66.0. The molecule has 39 heavy (non-hydrogen) atoms. The van der Waals surface area contributed by atoms with E-state index in [1.165, 1.54) is 4.90 Å². The Balaban J connectivity index is 3.11. The summed E-state index contributed by atoms with van der Waals surface area (Å²) in [6.07, 6.45) is 1.48. The highest BCUT2D eigenvalue weighted by Gasteiger charge is 2.38. The molecule has 11 nitrogen and oxygen atoms in total. The molecule has 1 rings (SSSR count). The van der Waals surface area contributed by atoms with Gasteiger partial charge in [0.1, 0.15) is 29.8 Å². The molecule has 1 fully saturated rings. The minimum atomic E-state index is -0.930. The van der Waals surface area contributed by atoms with Gasteiger partial charge in [-0.05, 0) is 70.6 Å². The molecule has 0 radical (unpaired) electrons. The Labute approximate surface area is 233 Å². The van der Waals surface area contributed by atoms with Gasteiger partial charge in [0.2, 0.25) is 23.6 Å². The summed E-state index contributed by atoms with van der Waals surface area (Å²) in [6, 6.07) is -3.39. The molecule has 224 valence electrons. The molecule has 0 unspecified atom stereocenters. The molecule has 0 aromatic rings. The molecule has 1 aliphatic rings. The molecule has 1 aliphatic heterocycles. The van der Waals surface area contributed by atoms with Crippen LogP contribution in [0.1, 0.15) is 94.4 Å². The van der Waals surface area contributed by atoms with E-state index in [0.29, 0.717) is 38.6 Å². The van der Waals surface area contributed by atoms with E-state index in [9.17, 15) is 24.0 Å². The van der Waals surface area contributed by atoms with Gasteiger partial charge in [0.05, 0.1) is 0 Å². The fourth-order valence-corrected chi connectivity index (χ4v) is 4.62. The second-order valence-electron chi connectivity index (χ2n) is 12.8. The maximum absolute atomic E-state index is 13.5. The van der Waals surface area contributed by atoms with E-state index in [1.807, 2.05) is 41.5 Å². The Morgan fingerprint density at radius 1 is 0.795 bits per heavy atom. The SMILES string of the molecule is CC(C)C[C@H](NC(=O)[C@@H](CC(C)C)NC(=O)[C@@H](CC(C)C)NC(=O)OC(C)(C)C)C(=O)N1CCC[C@@H]1C(N)=O. The first-order chi connectivity index (χ1) is 17.9. The summed E-state index contributed by atoms with van der Waals surface area (Å²) >= 11 is 0. The summed E-state index contributed by atoms with van der Waals surface area (Å²) < 4.78 is 5.32. The molecule has 0 aliphatic carbocycles. The van der Waals surface area contributed by atoms with E-state index >= 15 is 0 Å². The molecule has 1 heterocycles. The van der Waals surface area contributed by atoms with Gasteiger partial charge in [-0.15, -0.1) is 0 Å². The Kier molecular flexibility index (Phi) is 13.2. The van der Waals surface area contributed by atoms with Gasteiger partial charge in [-0.1, -0.05) is 41.5 Å². The molecule has 0 aromatic heterocycles. The van der Waals surface area contributed by atoms with Crippen molar-refractivity contribution in [1.82, 2.24) is 20.9 Å². The quantitative estimate of drug-likeness (QED) is 0.274. The maximum Gasteiger partial charge on any atom is 0.408 e. The van der Waals surface area contributed by atoms with Crippen LogP contribution in [0.15, 0.2) is 0 Å². The minimum Gasteiger partial charge on any atom is -0.444 e. The van der Waals surface area contributed by atoms with Crippen LogP contribution in [0.2, 0.25) is 0 Å². The highest BCUT2D eigenvalue weighted by atomic mass is 16.6. The van der Waals surface area contributed by atoms with Gasteiger partial charge in [0, 0.05) is 6.54 Å². The standard InChI is InChI=1S/C28H51N5O6/c1-16(2)13-19(30-25(36)20(14-17(3)4)32-27(38)39-28(7,8)9)24(35)31-21(15-18(5)6)26(37)33-12-10-11-22(33)23(29)34/h16-22H,10-15H2,1-9H3,(H2,29,34)(H,30,36)(H,31,35)(H,32,38)/t19-,20-,21+,22-/m1/s1. The number of ether oxygens (including phenoxy) is 1. The number of nitrogens with two attached hydrogens (primary N) is 1. The zero-order valence-corrected chi connectivity index (χ0v) is 25.3. The van der Waals surface area contributed by atoms with Crippen LogP contribution in [0.4, 0.5) is 4.79 Å². The van der Waals surface area contributed by atoms with Crippen molar-refractivity contribution in [1.29, 1.82) is 0 Å². The molecule has 0 aromatic carbocycles. The average molecular weight is 554 g/mol. The fraction of sp³-hybridized carbons (Fsp3) is 0.821. The van der Waals surface area contributed by atoms with E-state index in [0.717, 1.165) is 0 Å². The third-order valence-corrected chi connectivity index (χ3v) is 6.24. The first-order valence-electron chi connectivity index (χ1n) is 14.1. The second kappa shape index (κ2) is 15.1. The minimum absolute atomic E-state index is 0.0560. The Morgan fingerprint density at radius 3 is 1.67 bits per heavy atom. The molecular formula is C28H51N5O6. The van der Waals surface area contributed by atoms with Crippen molar-refractivity contribution in [3.8, 4) is 0 Å². The number of nitrogens with one attached hydrogen (secondary N) is 3. The third-order valence-electron chi connectivity index (χ3n) is 6.24. The molecule has 5 amide bonds. The van der Waals surface area contributed by atoms with Crippen molar-refractivity contribution < 1.29 is 28.7 Å². The number of alkyl carbamates (subject to hydrolysis) is 1. The van der Waals surface area contributed by atoms with E-state index in [1.54, 1.807) is 20.8 Å². The summed E-state index contributed by atoms with van der Waals surface area (Å²) in [5.41, 5.74) is 4.78. The number of carbonyl (C=O) groups is 5. The van der Waals surface area contributed by atoms with Crippen LogP contribution < -0.4 is 21.7 Å². The molecule has 0 bridgehead atoms. The summed E-state index contributed by atoms with van der Waals surface area (Å²) in [7, 11) is 0. The van der Waals surface area contributed by atoms with Gasteiger partial charge >= 0.3 is 6.09 Å². The normalized spacial score (nSPS) is 18.1. The van der Waals surface area contributed by atoms with Crippen LogP contribution in [0.25, 0.3) is 0 Å². The van der Waals surface area contributed by atoms with Crippen LogP contribution in [0, 0.1) is 17.8 Å². The van der Waals surface area contributed by atoms with E-state index < -0.39 is 53.6 Å². The molecule has 11 heteroatoms. The van der Waals surface area contributed by atoms with Crippen molar-refractivity contribution in [2.24, 2.45) is 23.5 Å². The van der Waals surface area contributed by atoms with Gasteiger partial charge in [0.15, 0.2) is 0 Å². The number of primary amides is 1. The summed E-state index contributed by atoms with van der Waals surface area (Å²) in [5.74, 6) is -1.69. The van der Waals surface area contributed by atoms with Crippen molar-refractivity contribution in [2.45, 2.75) is 124 Å². The Bertz CT molecular complexity index is 867. The van der Waals surface area contributed by atoms with E-state index in [4.69, 9.17) is 10.5 Å². The highest BCUT2D eigenvalue weighted by molar-refractivity contribution is 5.95. The van der Waals surface area contributed by atoms with Crippen LogP contribution in [0.3, 0.4) is 0 Å². The average Bonchev–Trinajstić information content (AvgIpc) is 3.25. The van der Waals surface area contributed by atoms with Crippen molar-refractivity contribution in [3.63, 3.8) is 0 Å². The van der Waals surface area contributed by atoms with Gasteiger partial charge < -0.3 is 31.3 Å². The van der Waals surface area contributed by atoms with Crippen molar-refractivity contribution in [3.05, 3.63) is 0 Å². The molecular weight excluding hydrogens is 502 g/mol. The number of hydrogen-bond acceptors (Lipinski definition) is 6. The highest BCUT2D eigenvalue weighted by Crippen LogP contribution is 2.20. The second-order valence-corrected chi connectivity index (χ2v) is 12.8. The number of hydrogen-bond donors (Lipinski definition) is 4. The first kappa shape index (κ1) is 34.2. The van der Waals surface area contributed by atoms with Crippen molar-refractivity contribution >= 4 is 29.7 Å². The van der Waals surface area contributed by atoms with Gasteiger partial charge in [-0.2, -0.15) is 0 Å². The third kappa shape index (κ3) is 12.3. The summed E-state index contributed by atoms with van der Waals surface area (Å²) in [6.45, 7) is 17.2. The van der Waals surface area contributed by atoms with Crippen LogP contribution in [-0.4, -0.2) is 70.9 Å². The number of likely N-dealkylation sites (tertiary alicyclic amines) is 1. The zero-order valence-electron chi connectivity index (χ0n) is 25.3. The topological polar surface area (TPSA) is 160 Å². The molecule has 1 saturated heterocycles. The number of carbonyl (C=O) groups excluding carboxylic acids is 5. The van der Waals surface area contributed by atoms with Crippen LogP contribution in [-0.2, 0) is 23.9 Å². The molecule has 5 N–H and O–H groups in total. The predicted molar refractivity (Wildman–Crippen MR) is 149 cm³/mol. The van der Waals surface area contributed by atoms with Crippen LogP contribution >= 0.6 is 0 Å². The fourth-order valence-electron chi connectivity index (χ4n) is 4.62. The number of rotatable bonds is 13. The molecule has 0 saturated carbocycles. The van der Waals surface area contributed by atoms with Crippen molar-refractivity contribution in [2.75, 3.05) is 6.54 Å². The first-order valence-corrected chi connectivity index (χ1v) is 14.1. The van der Waals surface area contributed by atoms with Gasteiger partial charge in [0.25, 0.3) is 0 Å². The van der Waals surface area contributed by atoms with E-state index in [2.05, 4.69) is 16.0 Å². The lowest BCUT2D eigenvalue weighted by Gasteiger charge is -2.31. The van der Waals surface area contributed by atoms with Gasteiger partial charge in [-0.25, -0.2) is 4.79 Å². The zero-order chi connectivity index (χ0) is 30.1. The lowest BCUT2D eigenvalue weighted by molar-refractivity contribution is -0.141. The largest absolute Gasteiger partial charge is 0.444 e. The lowest BCUT2D eigenvalue weighted by atomic mass is 9.98. The van der Waals surface area contributed by atoms with Crippen LogP contribution in [0.5, 0.6) is 0 Å². The number of amides is 5. The Morgan fingerprint density at radius 2 is 1.23 bits per heavy atom. The maximum atomic E-state index is 13.5. The summed E-state index contributed by atoms with van der Waals surface area (Å²) in [5, 5.41) is 8.26. The monoisotopic (exact) mass is 553 g/mol. The predicted octanol–water partition coefficient (Wildman–Crippen LogP) is 2.46.